The molecule has 4 rings (SSSR count). The molecule has 1 amide bonds. The predicted octanol–water partition coefficient (Wildman–Crippen LogP) is 3.55. The lowest BCUT2D eigenvalue weighted by molar-refractivity contribution is -0.153. The number of nitrogens with zero attached hydrogens (tertiary/aromatic N) is 1. The fourth-order valence-corrected chi connectivity index (χ4v) is 4.19. The van der Waals surface area contributed by atoms with Crippen LogP contribution in [0.25, 0.3) is 0 Å². The van der Waals surface area contributed by atoms with Crippen LogP contribution < -0.4 is 14.4 Å². The third-order valence-corrected chi connectivity index (χ3v) is 6.00. The van der Waals surface area contributed by atoms with Crippen LogP contribution in [0.4, 0.5) is 5.69 Å². The smallest absolute Gasteiger partial charge is 0.340 e. The number of carbonyl (C=O) groups excluding carboxylic acids is 2. The second kappa shape index (κ2) is 8.96. The summed E-state index contributed by atoms with van der Waals surface area (Å²) in [5.74, 6) is 0.265. The van der Waals surface area contributed by atoms with Gasteiger partial charge in [0.25, 0.3) is 0 Å². The molecule has 1 aliphatic heterocycles. The minimum absolute atomic E-state index is 0.348. The average Bonchev–Trinajstić information content (AvgIpc) is 2.85. The maximum Gasteiger partial charge on any atom is 0.340 e. The molecule has 0 radical (unpaired) electrons. The van der Waals surface area contributed by atoms with Gasteiger partial charge in [-0.2, -0.15) is 0 Å². The lowest BCUT2D eigenvalue weighted by Crippen LogP contribution is -2.77. The predicted molar refractivity (Wildman–Crippen MR) is 122 cm³/mol. The molecule has 1 heterocycles. The minimum Gasteiger partial charge on any atom is -0.497 e. The summed E-state index contributed by atoms with van der Waals surface area (Å²) in [5, 5.41) is 10.9. The molecule has 7 nitrogen and oxygen atoms in total. The van der Waals surface area contributed by atoms with Crippen LogP contribution in [-0.2, 0) is 14.9 Å². The minimum atomic E-state index is -1.48. The molecule has 3 aromatic carbocycles. The number of methoxy groups -OCH3 is 2. The van der Waals surface area contributed by atoms with Crippen LogP contribution in [0.3, 0.4) is 0 Å². The number of rotatable bonds is 7. The molecule has 0 aliphatic carbocycles. The monoisotopic (exact) mass is 447 g/mol. The van der Waals surface area contributed by atoms with Crippen molar-refractivity contribution in [2.75, 3.05) is 19.1 Å². The topological polar surface area (TPSA) is 85.3 Å². The first kappa shape index (κ1) is 22.4. The Kier molecular flexibility index (Phi) is 6.07. The Bertz CT molecular complexity index is 1130. The van der Waals surface area contributed by atoms with Crippen molar-refractivity contribution in [1.29, 1.82) is 0 Å². The molecular formula is C26H25NO6. The van der Waals surface area contributed by atoms with Crippen molar-refractivity contribution in [1.82, 2.24) is 0 Å². The van der Waals surface area contributed by atoms with Crippen molar-refractivity contribution < 1.29 is 28.9 Å². The third-order valence-electron chi connectivity index (χ3n) is 6.00. The van der Waals surface area contributed by atoms with Crippen molar-refractivity contribution in [2.24, 2.45) is 0 Å². The summed E-state index contributed by atoms with van der Waals surface area (Å²) in [4.78, 5) is 28.1. The normalized spacial score (nSPS) is 20.5. The number of amides is 1. The number of ether oxygens (including phenoxy) is 3. The van der Waals surface area contributed by atoms with Crippen molar-refractivity contribution in [2.45, 2.75) is 24.7 Å². The highest BCUT2D eigenvalue weighted by molar-refractivity contribution is 6.10. The van der Waals surface area contributed by atoms with Crippen LogP contribution in [0, 0.1) is 0 Å². The summed E-state index contributed by atoms with van der Waals surface area (Å²) >= 11 is 0. The Morgan fingerprint density at radius 3 is 1.97 bits per heavy atom. The van der Waals surface area contributed by atoms with E-state index in [1.165, 1.54) is 11.8 Å². The van der Waals surface area contributed by atoms with E-state index in [1.54, 1.807) is 93.1 Å². The van der Waals surface area contributed by atoms with E-state index in [-0.39, 0.29) is 5.91 Å². The van der Waals surface area contributed by atoms with Gasteiger partial charge >= 0.3 is 5.97 Å². The molecule has 1 aliphatic rings. The zero-order chi connectivity index (χ0) is 23.6. The number of esters is 1. The van der Waals surface area contributed by atoms with E-state index in [1.807, 2.05) is 0 Å². The van der Waals surface area contributed by atoms with E-state index in [0.29, 0.717) is 28.3 Å². The highest BCUT2D eigenvalue weighted by Crippen LogP contribution is 2.48. The molecule has 0 aromatic heterocycles. The molecule has 170 valence electrons. The number of aliphatic hydroxyl groups excluding tert-OH is 1. The molecule has 0 spiro atoms. The summed E-state index contributed by atoms with van der Waals surface area (Å²) in [6.45, 7) is 1.52. The number of hydrogen-bond acceptors (Lipinski definition) is 6. The van der Waals surface area contributed by atoms with Gasteiger partial charge in [-0.15, -0.1) is 0 Å². The fourth-order valence-electron chi connectivity index (χ4n) is 4.19. The highest BCUT2D eigenvalue weighted by atomic mass is 16.6. The zero-order valence-corrected chi connectivity index (χ0v) is 18.6. The Balaban J connectivity index is 1.79. The third kappa shape index (κ3) is 3.70. The maximum absolute atomic E-state index is 13.7. The first-order chi connectivity index (χ1) is 15.9. The first-order valence-electron chi connectivity index (χ1n) is 10.5. The summed E-state index contributed by atoms with van der Waals surface area (Å²) in [7, 11) is 3.10. The Labute approximate surface area is 192 Å². The van der Waals surface area contributed by atoms with Crippen molar-refractivity contribution in [3.63, 3.8) is 0 Å². The van der Waals surface area contributed by atoms with E-state index in [2.05, 4.69) is 0 Å². The van der Waals surface area contributed by atoms with Crippen molar-refractivity contribution in [3.8, 4) is 11.5 Å². The largest absolute Gasteiger partial charge is 0.497 e. The Hall–Kier alpha value is -3.84. The molecule has 7 heteroatoms. The van der Waals surface area contributed by atoms with Crippen LogP contribution in [0.5, 0.6) is 11.5 Å². The quantitative estimate of drug-likeness (QED) is 0.440. The summed E-state index contributed by atoms with van der Waals surface area (Å²) in [5.41, 5.74) is -0.0764. The molecule has 1 fully saturated rings. The first-order valence-corrected chi connectivity index (χ1v) is 10.5. The molecule has 1 saturated heterocycles. The van der Waals surface area contributed by atoms with E-state index in [4.69, 9.17) is 14.2 Å². The van der Waals surface area contributed by atoms with Gasteiger partial charge in [0.15, 0.2) is 5.41 Å². The van der Waals surface area contributed by atoms with Crippen LogP contribution >= 0.6 is 0 Å². The average molecular weight is 447 g/mol. The fraction of sp³-hybridized carbons (Fsp3) is 0.231. The van der Waals surface area contributed by atoms with Crippen LogP contribution in [-0.4, -0.2) is 43.5 Å². The second-order valence-corrected chi connectivity index (χ2v) is 7.77. The van der Waals surface area contributed by atoms with Crippen LogP contribution in [0.2, 0.25) is 0 Å². The van der Waals surface area contributed by atoms with Gasteiger partial charge in [-0.05, 0) is 61.0 Å². The molecule has 33 heavy (non-hydrogen) atoms. The number of anilines is 1. The van der Waals surface area contributed by atoms with Crippen molar-refractivity contribution in [3.05, 3.63) is 90.0 Å². The molecule has 0 saturated carbocycles. The maximum atomic E-state index is 13.7. The van der Waals surface area contributed by atoms with E-state index >= 15 is 0 Å². The number of β-lactam (4-membered cyclic amide) rings is 1. The van der Waals surface area contributed by atoms with Gasteiger partial charge in [0, 0.05) is 5.69 Å². The molecule has 3 atom stereocenters. The molecular weight excluding hydrogens is 422 g/mol. The van der Waals surface area contributed by atoms with E-state index in [9.17, 15) is 14.7 Å². The zero-order valence-electron chi connectivity index (χ0n) is 18.6. The van der Waals surface area contributed by atoms with Crippen LogP contribution in [0.1, 0.15) is 22.8 Å². The van der Waals surface area contributed by atoms with Gasteiger partial charge in [0.2, 0.25) is 12.1 Å². The molecule has 3 aromatic rings. The molecule has 0 bridgehead atoms. The van der Waals surface area contributed by atoms with Gasteiger partial charge in [-0.25, -0.2) is 4.79 Å². The number of hydrogen-bond donors (Lipinski definition) is 1. The van der Waals surface area contributed by atoms with Gasteiger partial charge < -0.3 is 19.3 Å². The number of benzene rings is 3. The summed E-state index contributed by atoms with van der Waals surface area (Å²) in [6.07, 6.45) is -2.21. The Morgan fingerprint density at radius 2 is 1.45 bits per heavy atom. The van der Waals surface area contributed by atoms with Crippen molar-refractivity contribution >= 4 is 17.6 Å². The molecule has 0 unspecified atom stereocenters. The SMILES string of the molecule is COc1ccc(N2C(=O)[C@](c3ccc(OC)cc3)([C@@H](C)O)[C@H]2OC(=O)c2ccccc2)cc1. The van der Waals surface area contributed by atoms with Crippen LogP contribution in [0.15, 0.2) is 78.9 Å². The van der Waals surface area contributed by atoms with Gasteiger partial charge in [-0.1, -0.05) is 30.3 Å². The Morgan fingerprint density at radius 1 is 0.909 bits per heavy atom. The second-order valence-electron chi connectivity index (χ2n) is 7.77. The summed E-state index contributed by atoms with van der Waals surface area (Å²) in [6, 6.07) is 22.2. The lowest BCUT2D eigenvalue weighted by Gasteiger charge is -2.55. The van der Waals surface area contributed by atoms with Gasteiger partial charge in [0.05, 0.1) is 25.9 Å². The summed E-state index contributed by atoms with van der Waals surface area (Å²) < 4.78 is 16.3. The molecule has 1 N–H and O–H groups in total. The highest BCUT2D eigenvalue weighted by Gasteiger charge is 2.67. The van der Waals surface area contributed by atoms with E-state index in [0.717, 1.165) is 0 Å². The number of carbonyl (C=O) groups is 2. The number of aliphatic hydroxyl groups is 1. The lowest BCUT2D eigenvalue weighted by atomic mass is 9.66. The standard InChI is InChI=1S/C26H25NO6/c1-17(28)26(19-9-13-21(31-2)14-10-19)24(30)27(20-11-15-22(32-3)16-12-20)25(26)33-23(29)18-7-5-4-6-8-18/h4-17,25,28H,1-3H3/t17-,25-,26-/m1/s1. The van der Waals surface area contributed by atoms with E-state index < -0.39 is 23.7 Å². The van der Waals surface area contributed by atoms with Gasteiger partial charge in [-0.3, -0.25) is 9.69 Å². The van der Waals surface area contributed by atoms with Gasteiger partial charge in [0.1, 0.15) is 11.5 Å².